The molecule has 0 saturated carbocycles. The van der Waals surface area contributed by atoms with E-state index in [0.717, 1.165) is 17.9 Å². The predicted octanol–water partition coefficient (Wildman–Crippen LogP) is 2.15. The molecule has 0 bridgehead atoms. The van der Waals surface area contributed by atoms with E-state index in [-0.39, 0.29) is 0 Å². The lowest BCUT2D eigenvalue weighted by Crippen LogP contribution is -2.03. The summed E-state index contributed by atoms with van der Waals surface area (Å²) in [5, 5.41) is 3.34. The third-order valence-electron chi connectivity index (χ3n) is 2.37. The van der Waals surface area contributed by atoms with Crippen molar-refractivity contribution in [1.82, 2.24) is 4.98 Å². The summed E-state index contributed by atoms with van der Waals surface area (Å²) in [4.78, 5) is 4.15. The van der Waals surface area contributed by atoms with Crippen LogP contribution in [0.15, 0.2) is 48.7 Å². The SMILES string of the molecule is NCc1cc(NCc2ccccc2)ccn1. The van der Waals surface area contributed by atoms with Gasteiger partial charge < -0.3 is 11.1 Å². The zero-order valence-corrected chi connectivity index (χ0v) is 9.06. The molecule has 0 amide bonds. The van der Waals surface area contributed by atoms with Crippen molar-refractivity contribution in [2.75, 3.05) is 5.32 Å². The van der Waals surface area contributed by atoms with E-state index in [4.69, 9.17) is 5.73 Å². The van der Waals surface area contributed by atoms with Crippen molar-refractivity contribution in [3.63, 3.8) is 0 Å². The van der Waals surface area contributed by atoms with Crippen LogP contribution >= 0.6 is 0 Å². The lowest BCUT2D eigenvalue weighted by Gasteiger charge is -2.07. The number of anilines is 1. The maximum Gasteiger partial charge on any atom is 0.0559 e. The topological polar surface area (TPSA) is 50.9 Å². The highest BCUT2D eigenvalue weighted by Crippen LogP contribution is 2.09. The number of hydrogen-bond acceptors (Lipinski definition) is 3. The molecule has 0 aliphatic carbocycles. The van der Waals surface area contributed by atoms with Crippen LogP contribution in [-0.4, -0.2) is 4.98 Å². The third kappa shape index (κ3) is 2.81. The van der Waals surface area contributed by atoms with Crippen LogP contribution in [0.25, 0.3) is 0 Å². The van der Waals surface area contributed by atoms with Gasteiger partial charge in [0.1, 0.15) is 0 Å². The molecule has 0 saturated heterocycles. The van der Waals surface area contributed by atoms with Crippen molar-refractivity contribution in [3.05, 3.63) is 59.9 Å². The van der Waals surface area contributed by atoms with E-state index in [9.17, 15) is 0 Å². The molecule has 1 aromatic heterocycles. The Bertz CT molecular complexity index is 440. The summed E-state index contributed by atoms with van der Waals surface area (Å²) in [5.41, 5.74) is 8.75. The van der Waals surface area contributed by atoms with E-state index >= 15 is 0 Å². The molecule has 0 aliphatic rings. The van der Waals surface area contributed by atoms with Crippen LogP contribution in [0.5, 0.6) is 0 Å². The van der Waals surface area contributed by atoms with Crippen LogP contribution in [0.2, 0.25) is 0 Å². The molecule has 16 heavy (non-hydrogen) atoms. The van der Waals surface area contributed by atoms with Gasteiger partial charge in [0.05, 0.1) is 5.69 Å². The molecule has 0 unspecified atom stereocenters. The summed E-state index contributed by atoms with van der Waals surface area (Å²) < 4.78 is 0. The number of hydrogen-bond donors (Lipinski definition) is 2. The molecule has 0 fully saturated rings. The fraction of sp³-hybridized carbons (Fsp3) is 0.154. The minimum Gasteiger partial charge on any atom is -0.381 e. The van der Waals surface area contributed by atoms with E-state index in [1.807, 2.05) is 30.3 Å². The molecule has 1 heterocycles. The molecule has 3 N–H and O–H groups in total. The van der Waals surface area contributed by atoms with Gasteiger partial charge in [-0.2, -0.15) is 0 Å². The number of nitrogens with one attached hydrogen (secondary N) is 1. The van der Waals surface area contributed by atoms with E-state index in [1.54, 1.807) is 6.20 Å². The van der Waals surface area contributed by atoms with Gasteiger partial charge in [0.15, 0.2) is 0 Å². The van der Waals surface area contributed by atoms with Gasteiger partial charge in [-0.05, 0) is 17.7 Å². The third-order valence-corrected chi connectivity index (χ3v) is 2.37. The largest absolute Gasteiger partial charge is 0.381 e. The van der Waals surface area contributed by atoms with E-state index in [2.05, 4.69) is 22.4 Å². The minimum atomic E-state index is 0.473. The lowest BCUT2D eigenvalue weighted by molar-refractivity contribution is 0.987. The zero-order valence-electron chi connectivity index (χ0n) is 9.06. The first-order chi connectivity index (χ1) is 7.88. The fourth-order valence-electron chi connectivity index (χ4n) is 1.50. The molecule has 0 atom stereocenters. The number of aromatic nitrogens is 1. The van der Waals surface area contributed by atoms with Gasteiger partial charge in [-0.1, -0.05) is 30.3 Å². The molecule has 3 heteroatoms. The number of nitrogens with zero attached hydrogens (tertiary/aromatic N) is 1. The number of rotatable bonds is 4. The van der Waals surface area contributed by atoms with Gasteiger partial charge in [-0.25, -0.2) is 0 Å². The molecular formula is C13H15N3. The van der Waals surface area contributed by atoms with Crippen LogP contribution in [0, 0.1) is 0 Å². The van der Waals surface area contributed by atoms with Crippen molar-refractivity contribution < 1.29 is 0 Å². The van der Waals surface area contributed by atoms with Gasteiger partial charge in [-0.15, -0.1) is 0 Å². The van der Waals surface area contributed by atoms with Gasteiger partial charge in [0.25, 0.3) is 0 Å². The van der Waals surface area contributed by atoms with Crippen LogP contribution < -0.4 is 11.1 Å². The quantitative estimate of drug-likeness (QED) is 0.818. The molecule has 0 spiro atoms. The molecule has 2 aromatic rings. The van der Waals surface area contributed by atoms with Crippen LogP contribution in [0.4, 0.5) is 5.69 Å². The van der Waals surface area contributed by atoms with E-state index in [0.29, 0.717) is 6.54 Å². The Kier molecular flexibility index (Phi) is 3.51. The molecule has 1 aromatic carbocycles. The van der Waals surface area contributed by atoms with Crippen molar-refractivity contribution in [2.24, 2.45) is 5.73 Å². The Hall–Kier alpha value is -1.87. The van der Waals surface area contributed by atoms with E-state index < -0.39 is 0 Å². The predicted molar refractivity (Wildman–Crippen MR) is 65.9 cm³/mol. The second-order valence-electron chi connectivity index (χ2n) is 3.58. The summed E-state index contributed by atoms with van der Waals surface area (Å²) in [7, 11) is 0. The summed E-state index contributed by atoms with van der Waals surface area (Å²) in [6, 6.07) is 14.2. The van der Waals surface area contributed by atoms with Crippen molar-refractivity contribution in [1.29, 1.82) is 0 Å². The Morgan fingerprint density at radius 1 is 1.12 bits per heavy atom. The van der Waals surface area contributed by atoms with Crippen LogP contribution in [-0.2, 0) is 13.1 Å². The Morgan fingerprint density at radius 2 is 1.94 bits per heavy atom. The summed E-state index contributed by atoms with van der Waals surface area (Å²) in [6.45, 7) is 1.29. The lowest BCUT2D eigenvalue weighted by atomic mass is 10.2. The average Bonchev–Trinajstić information content (AvgIpc) is 2.38. The first-order valence-corrected chi connectivity index (χ1v) is 5.31. The number of nitrogens with two attached hydrogens (primary N) is 1. The number of benzene rings is 1. The molecule has 3 nitrogen and oxygen atoms in total. The summed E-state index contributed by atoms with van der Waals surface area (Å²) >= 11 is 0. The van der Waals surface area contributed by atoms with Crippen LogP contribution in [0.1, 0.15) is 11.3 Å². The Balaban J connectivity index is 1.99. The monoisotopic (exact) mass is 213 g/mol. The molecule has 0 aliphatic heterocycles. The molecule has 2 rings (SSSR count). The molecule has 82 valence electrons. The molecule has 0 radical (unpaired) electrons. The van der Waals surface area contributed by atoms with Gasteiger partial charge in [0, 0.05) is 25.0 Å². The van der Waals surface area contributed by atoms with E-state index in [1.165, 1.54) is 5.56 Å². The zero-order chi connectivity index (χ0) is 11.2. The van der Waals surface area contributed by atoms with Gasteiger partial charge in [-0.3, -0.25) is 4.98 Å². The smallest absolute Gasteiger partial charge is 0.0559 e. The number of pyridine rings is 1. The maximum absolute atomic E-state index is 5.54. The average molecular weight is 213 g/mol. The highest BCUT2D eigenvalue weighted by Gasteiger charge is 1.95. The highest BCUT2D eigenvalue weighted by atomic mass is 14.9. The Morgan fingerprint density at radius 3 is 2.69 bits per heavy atom. The highest BCUT2D eigenvalue weighted by molar-refractivity contribution is 5.43. The van der Waals surface area contributed by atoms with Crippen molar-refractivity contribution in [2.45, 2.75) is 13.1 Å². The first-order valence-electron chi connectivity index (χ1n) is 5.31. The van der Waals surface area contributed by atoms with Crippen molar-refractivity contribution >= 4 is 5.69 Å². The van der Waals surface area contributed by atoms with Crippen LogP contribution in [0.3, 0.4) is 0 Å². The normalized spacial score (nSPS) is 10.1. The Labute approximate surface area is 95.3 Å². The second kappa shape index (κ2) is 5.28. The van der Waals surface area contributed by atoms with Gasteiger partial charge >= 0.3 is 0 Å². The fourth-order valence-corrected chi connectivity index (χ4v) is 1.50. The summed E-state index contributed by atoms with van der Waals surface area (Å²) in [6.07, 6.45) is 1.77. The second-order valence-corrected chi connectivity index (χ2v) is 3.58. The maximum atomic E-state index is 5.54. The first kappa shape index (κ1) is 10.6. The summed E-state index contributed by atoms with van der Waals surface area (Å²) in [5.74, 6) is 0. The molecular weight excluding hydrogens is 198 g/mol. The standard InChI is InChI=1S/C13H15N3/c14-9-13-8-12(6-7-15-13)16-10-11-4-2-1-3-5-11/h1-8H,9-10,14H2,(H,15,16). The van der Waals surface area contributed by atoms with Crippen molar-refractivity contribution in [3.8, 4) is 0 Å². The van der Waals surface area contributed by atoms with Gasteiger partial charge in [0.2, 0.25) is 0 Å². The minimum absolute atomic E-state index is 0.473.